The molecule has 0 radical (unpaired) electrons. The zero-order valence-corrected chi connectivity index (χ0v) is 10.9. The number of carboxylic acid groups (broad SMARTS) is 1. The molecule has 0 unspecified atom stereocenters. The quantitative estimate of drug-likeness (QED) is 0.771. The van der Waals surface area contributed by atoms with Gasteiger partial charge in [-0.15, -0.1) is 0 Å². The van der Waals surface area contributed by atoms with Crippen molar-refractivity contribution in [2.45, 2.75) is 6.54 Å². The van der Waals surface area contributed by atoms with Crippen molar-refractivity contribution >= 4 is 11.7 Å². The van der Waals surface area contributed by atoms with Crippen molar-refractivity contribution in [1.29, 1.82) is 0 Å². The summed E-state index contributed by atoms with van der Waals surface area (Å²) >= 11 is 0. The topological polar surface area (TPSA) is 99.6 Å². The van der Waals surface area contributed by atoms with Crippen molar-refractivity contribution in [2.24, 2.45) is 0 Å². The van der Waals surface area contributed by atoms with E-state index in [-0.39, 0.29) is 11.3 Å². The molecule has 0 fully saturated rings. The summed E-state index contributed by atoms with van der Waals surface area (Å²) in [5, 5.41) is 13.1. The van der Waals surface area contributed by atoms with Gasteiger partial charge in [-0.25, -0.2) is 4.79 Å². The Morgan fingerprint density at radius 3 is 2.85 bits per heavy atom. The second kappa shape index (κ2) is 5.96. The number of ether oxygens (including phenoxy) is 2. The van der Waals surface area contributed by atoms with Crippen LogP contribution in [0.5, 0.6) is 11.5 Å². The number of aromatic nitrogens is 2. The van der Waals surface area contributed by atoms with E-state index in [0.29, 0.717) is 24.7 Å². The summed E-state index contributed by atoms with van der Waals surface area (Å²) in [6.07, 6.45) is 3.48. The Morgan fingerprint density at radius 1 is 1.45 bits per heavy atom. The number of rotatable bonds is 6. The molecule has 0 aliphatic rings. The number of nitrogen functional groups attached to an aromatic ring is 1. The molecule has 0 aliphatic carbocycles. The van der Waals surface area contributed by atoms with Gasteiger partial charge in [0.1, 0.15) is 6.61 Å². The van der Waals surface area contributed by atoms with Crippen molar-refractivity contribution in [2.75, 3.05) is 19.5 Å². The van der Waals surface area contributed by atoms with Crippen molar-refractivity contribution in [3.05, 3.63) is 36.2 Å². The third-order valence-corrected chi connectivity index (χ3v) is 2.70. The van der Waals surface area contributed by atoms with Gasteiger partial charge in [0.05, 0.1) is 24.9 Å². The van der Waals surface area contributed by atoms with Gasteiger partial charge >= 0.3 is 5.97 Å². The summed E-state index contributed by atoms with van der Waals surface area (Å²) in [5.74, 6) is -0.374. The standard InChI is InChI=1S/C13H15N3O4/c1-19-11-8-10(14)9(13(17)18)7-12(11)20-6-5-16-4-2-3-15-16/h2-4,7-8H,5-6,14H2,1H3,(H,17,18). The van der Waals surface area contributed by atoms with Gasteiger partial charge in [-0.3, -0.25) is 4.68 Å². The van der Waals surface area contributed by atoms with Gasteiger partial charge in [0.25, 0.3) is 0 Å². The number of benzene rings is 1. The number of carbonyl (C=O) groups is 1. The highest BCUT2D eigenvalue weighted by Crippen LogP contribution is 2.32. The van der Waals surface area contributed by atoms with Gasteiger partial charge in [0, 0.05) is 24.5 Å². The SMILES string of the molecule is COc1cc(N)c(C(=O)O)cc1OCCn1cccn1. The van der Waals surface area contributed by atoms with Gasteiger partial charge in [0.2, 0.25) is 0 Å². The lowest BCUT2D eigenvalue weighted by Crippen LogP contribution is -2.10. The second-order valence-electron chi connectivity index (χ2n) is 4.01. The van der Waals surface area contributed by atoms with E-state index in [9.17, 15) is 4.79 Å². The Morgan fingerprint density at radius 2 is 2.25 bits per heavy atom. The van der Waals surface area contributed by atoms with Crippen molar-refractivity contribution in [1.82, 2.24) is 9.78 Å². The number of nitrogens with zero attached hydrogens (tertiary/aromatic N) is 2. The highest BCUT2D eigenvalue weighted by Gasteiger charge is 2.14. The van der Waals surface area contributed by atoms with Crippen LogP contribution in [0.2, 0.25) is 0 Å². The average Bonchev–Trinajstić information content (AvgIpc) is 2.92. The van der Waals surface area contributed by atoms with E-state index in [1.165, 1.54) is 19.2 Å². The van der Waals surface area contributed by atoms with E-state index in [1.807, 2.05) is 12.3 Å². The first-order chi connectivity index (χ1) is 9.61. The van der Waals surface area contributed by atoms with Crippen molar-refractivity contribution < 1.29 is 19.4 Å². The Hall–Kier alpha value is -2.70. The normalized spacial score (nSPS) is 10.2. The minimum atomic E-state index is -1.11. The smallest absolute Gasteiger partial charge is 0.337 e. The van der Waals surface area contributed by atoms with Gasteiger partial charge in [-0.2, -0.15) is 5.10 Å². The van der Waals surface area contributed by atoms with Crippen LogP contribution >= 0.6 is 0 Å². The predicted molar refractivity (Wildman–Crippen MR) is 72.1 cm³/mol. The second-order valence-corrected chi connectivity index (χ2v) is 4.01. The number of hydrogen-bond donors (Lipinski definition) is 2. The number of nitrogens with two attached hydrogens (primary N) is 1. The Bertz CT molecular complexity index is 596. The Labute approximate surface area is 115 Å². The number of carboxylic acids is 1. The van der Waals surface area contributed by atoms with Crippen LogP contribution in [-0.2, 0) is 6.54 Å². The first kappa shape index (κ1) is 13.7. The molecule has 1 heterocycles. The molecule has 0 spiro atoms. The fraction of sp³-hybridized carbons (Fsp3) is 0.231. The monoisotopic (exact) mass is 277 g/mol. The van der Waals surface area contributed by atoms with E-state index in [4.69, 9.17) is 20.3 Å². The van der Waals surface area contributed by atoms with E-state index in [0.717, 1.165) is 0 Å². The molecule has 1 aromatic heterocycles. The molecule has 0 amide bonds. The predicted octanol–water partition coefficient (Wildman–Crippen LogP) is 1.25. The van der Waals surface area contributed by atoms with Crippen LogP contribution in [0.3, 0.4) is 0 Å². The fourth-order valence-electron chi connectivity index (χ4n) is 1.72. The minimum absolute atomic E-state index is 0.0140. The lowest BCUT2D eigenvalue weighted by atomic mass is 10.1. The zero-order valence-electron chi connectivity index (χ0n) is 10.9. The molecule has 0 saturated carbocycles. The number of methoxy groups -OCH3 is 1. The summed E-state index contributed by atoms with van der Waals surface area (Å²) in [5.41, 5.74) is 5.76. The van der Waals surface area contributed by atoms with Crippen LogP contribution < -0.4 is 15.2 Å². The third kappa shape index (κ3) is 3.00. The number of aromatic carboxylic acids is 1. The molecule has 2 aromatic rings. The van der Waals surface area contributed by atoms with Gasteiger partial charge in [-0.05, 0) is 6.07 Å². The zero-order chi connectivity index (χ0) is 14.5. The molecule has 0 bridgehead atoms. The molecule has 1 aromatic carbocycles. The Kier molecular flexibility index (Phi) is 4.09. The molecular formula is C13H15N3O4. The molecule has 3 N–H and O–H groups in total. The van der Waals surface area contributed by atoms with Crippen molar-refractivity contribution in [3.8, 4) is 11.5 Å². The fourth-order valence-corrected chi connectivity index (χ4v) is 1.72. The largest absolute Gasteiger partial charge is 0.493 e. The third-order valence-electron chi connectivity index (χ3n) is 2.70. The van der Waals surface area contributed by atoms with E-state index >= 15 is 0 Å². The van der Waals surface area contributed by atoms with Crippen LogP contribution in [-0.4, -0.2) is 34.6 Å². The molecule has 7 heteroatoms. The maximum atomic E-state index is 11.0. The molecule has 106 valence electrons. The summed E-state index contributed by atoms with van der Waals surface area (Å²) < 4.78 is 12.4. The van der Waals surface area contributed by atoms with Crippen molar-refractivity contribution in [3.63, 3.8) is 0 Å². The maximum absolute atomic E-state index is 11.0. The summed E-state index contributed by atoms with van der Waals surface area (Å²) in [4.78, 5) is 11.0. The minimum Gasteiger partial charge on any atom is -0.493 e. The summed E-state index contributed by atoms with van der Waals surface area (Å²) in [6, 6.07) is 4.61. The number of hydrogen-bond acceptors (Lipinski definition) is 5. The van der Waals surface area contributed by atoms with Crippen LogP contribution in [0.1, 0.15) is 10.4 Å². The van der Waals surface area contributed by atoms with Crippen LogP contribution in [0.4, 0.5) is 5.69 Å². The lowest BCUT2D eigenvalue weighted by molar-refractivity contribution is 0.0697. The maximum Gasteiger partial charge on any atom is 0.337 e. The van der Waals surface area contributed by atoms with E-state index in [1.54, 1.807) is 10.9 Å². The Balaban J connectivity index is 2.12. The van der Waals surface area contributed by atoms with E-state index < -0.39 is 5.97 Å². The first-order valence-corrected chi connectivity index (χ1v) is 5.93. The summed E-state index contributed by atoms with van der Waals surface area (Å²) in [6.45, 7) is 0.879. The highest BCUT2D eigenvalue weighted by molar-refractivity contribution is 5.94. The molecule has 0 aliphatic heterocycles. The first-order valence-electron chi connectivity index (χ1n) is 5.93. The number of anilines is 1. The molecule has 7 nitrogen and oxygen atoms in total. The molecule has 0 saturated heterocycles. The molecule has 0 atom stereocenters. The lowest BCUT2D eigenvalue weighted by Gasteiger charge is -2.13. The van der Waals surface area contributed by atoms with E-state index in [2.05, 4.69) is 5.10 Å². The van der Waals surface area contributed by atoms with Gasteiger partial charge in [0.15, 0.2) is 11.5 Å². The average molecular weight is 277 g/mol. The van der Waals surface area contributed by atoms with Crippen LogP contribution in [0.15, 0.2) is 30.6 Å². The van der Waals surface area contributed by atoms with Crippen LogP contribution in [0.25, 0.3) is 0 Å². The highest BCUT2D eigenvalue weighted by atomic mass is 16.5. The summed E-state index contributed by atoms with van der Waals surface area (Å²) in [7, 11) is 1.47. The molecular weight excluding hydrogens is 262 g/mol. The molecule has 2 rings (SSSR count). The van der Waals surface area contributed by atoms with Gasteiger partial charge < -0.3 is 20.3 Å². The van der Waals surface area contributed by atoms with Gasteiger partial charge in [-0.1, -0.05) is 0 Å². The molecule has 20 heavy (non-hydrogen) atoms. The van der Waals surface area contributed by atoms with Crippen LogP contribution in [0, 0.1) is 0 Å².